The van der Waals surface area contributed by atoms with Crippen LogP contribution < -0.4 is 4.74 Å². The van der Waals surface area contributed by atoms with E-state index in [2.05, 4.69) is 13.8 Å². The first-order valence-electron chi connectivity index (χ1n) is 9.84. The van der Waals surface area contributed by atoms with Crippen LogP contribution in [0, 0.1) is 11.6 Å². The smallest absolute Gasteiger partial charge is 0.343 e. The van der Waals surface area contributed by atoms with Gasteiger partial charge in [-0.25, -0.2) is 9.18 Å². The molecule has 2 aromatic rings. The van der Waals surface area contributed by atoms with Crippen molar-refractivity contribution in [2.75, 3.05) is 0 Å². The van der Waals surface area contributed by atoms with E-state index in [9.17, 15) is 13.6 Å². The summed E-state index contributed by atoms with van der Waals surface area (Å²) in [7, 11) is 0. The third-order valence-electron chi connectivity index (χ3n) is 4.61. The lowest BCUT2D eigenvalue weighted by atomic mass is 10.0. The first-order chi connectivity index (χ1) is 13.1. The fourth-order valence-electron chi connectivity index (χ4n) is 3.02. The largest absolute Gasteiger partial charge is 0.420 e. The molecule has 146 valence electrons. The van der Waals surface area contributed by atoms with Gasteiger partial charge in [0.1, 0.15) is 0 Å². The summed E-state index contributed by atoms with van der Waals surface area (Å²) in [6, 6.07) is 9.82. The Labute approximate surface area is 160 Å². The Bertz CT molecular complexity index is 739. The fourth-order valence-corrected chi connectivity index (χ4v) is 3.02. The first-order valence-corrected chi connectivity index (χ1v) is 9.84. The highest BCUT2D eigenvalue weighted by atomic mass is 19.2. The minimum atomic E-state index is -1.10. The van der Waals surface area contributed by atoms with E-state index in [0.717, 1.165) is 50.5 Å². The number of ether oxygens (including phenoxy) is 1. The van der Waals surface area contributed by atoms with Crippen molar-refractivity contribution >= 4 is 5.97 Å². The molecule has 0 heterocycles. The second kappa shape index (κ2) is 10.8. The summed E-state index contributed by atoms with van der Waals surface area (Å²) < 4.78 is 33.6. The Morgan fingerprint density at radius 1 is 0.815 bits per heavy atom. The van der Waals surface area contributed by atoms with Crippen LogP contribution in [0.3, 0.4) is 0 Å². The molecule has 0 bridgehead atoms. The molecule has 0 saturated carbocycles. The van der Waals surface area contributed by atoms with Crippen molar-refractivity contribution in [1.82, 2.24) is 0 Å². The van der Waals surface area contributed by atoms with Gasteiger partial charge < -0.3 is 4.74 Å². The number of benzene rings is 2. The van der Waals surface area contributed by atoms with Crippen LogP contribution >= 0.6 is 0 Å². The van der Waals surface area contributed by atoms with Crippen molar-refractivity contribution < 1.29 is 18.3 Å². The number of carbonyl (C=O) groups excluding carboxylic acids is 1. The molecule has 0 aromatic heterocycles. The van der Waals surface area contributed by atoms with E-state index in [1.165, 1.54) is 12.1 Å². The van der Waals surface area contributed by atoms with Gasteiger partial charge in [-0.05, 0) is 48.6 Å². The number of rotatable bonds is 10. The maximum atomic E-state index is 14.3. The molecule has 27 heavy (non-hydrogen) atoms. The van der Waals surface area contributed by atoms with E-state index in [4.69, 9.17) is 4.74 Å². The molecule has 2 nitrogen and oxygen atoms in total. The lowest BCUT2D eigenvalue weighted by Crippen LogP contribution is -2.10. The molecule has 0 spiro atoms. The zero-order valence-electron chi connectivity index (χ0n) is 16.2. The van der Waals surface area contributed by atoms with Crippen molar-refractivity contribution in [3.05, 3.63) is 64.7 Å². The number of aryl methyl sites for hydroxylation is 2. The topological polar surface area (TPSA) is 26.3 Å². The summed E-state index contributed by atoms with van der Waals surface area (Å²) in [5, 5.41) is 0. The van der Waals surface area contributed by atoms with E-state index in [-0.39, 0.29) is 5.75 Å². The minimum absolute atomic E-state index is 0.315. The molecule has 0 fully saturated rings. The Morgan fingerprint density at radius 3 is 2.19 bits per heavy atom. The summed E-state index contributed by atoms with van der Waals surface area (Å²) in [5.74, 6) is -3.08. The highest BCUT2D eigenvalue weighted by Crippen LogP contribution is 2.25. The molecule has 0 aliphatic carbocycles. The maximum absolute atomic E-state index is 14.3. The molecule has 2 rings (SSSR count). The van der Waals surface area contributed by atoms with E-state index in [1.807, 2.05) is 12.1 Å². The van der Waals surface area contributed by atoms with Crippen LogP contribution in [-0.2, 0) is 12.8 Å². The Kier molecular flexibility index (Phi) is 8.43. The van der Waals surface area contributed by atoms with Crippen LogP contribution in [0.15, 0.2) is 36.4 Å². The van der Waals surface area contributed by atoms with Crippen molar-refractivity contribution in [1.29, 1.82) is 0 Å². The fraction of sp³-hybridized carbons (Fsp3) is 0.435. The zero-order valence-corrected chi connectivity index (χ0v) is 16.2. The summed E-state index contributed by atoms with van der Waals surface area (Å²) in [6.07, 6.45) is 7.65. The molecular formula is C23H28F2O2. The van der Waals surface area contributed by atoms with Crippen LogP contribution in [0.5, 0.6) is 5.75 Å². The normalized spacial score (nSPS) is 10.8. The van der Waals surface area contributed by atoms with Crippen molar-refractivity contribution in [3.63, 3.8) is 0 Å². The van der Waals surface area contributed by atoms with Gasteiger partial charge in [0.2, 0.25) is 5.82 Å². The number of unbranched alkanes of at least 4 members (excludes halogenated alkanes) is 4. The van der Waals surface area contributed by atoms with Crippen LogP contribution in [0.1, 0.15) is 73.9 Å². The van der Waals surface area contributed by atoms with Gasteiger partial charge >= 0.3 is 5.97 Å². The van der Waals surface area contributed by atoms with Crippen LogP contribution in [0.25, 0.3) is 0 Å². The van der Waals surface area contributed by atoms with Crippen molar-refractivity contribution in [3.8, 4) is 5.75 Å². The Balaban J connectivity index is 1.99. The van der Waals surface area contributed by atoms with Crippen LogP contribution in [0.4, 0.5) is 8.78 Å². The van der Waals surface area contributed by atoms with Gasteiger partial charge in [0.05, 0.1) is 5.56 Å². The van der Waals surface area contributed by atoms with Gasteiger partial charge in [-0.15, -0.1) is 0 Å². The minimum Gasteiger partial charge on any atom is -0.420 e. The van der Waals surface area contributed by atoms with E-state index < -0.39 is 17.6 Å². The van der Waals surface area contributed by atoms with Gasteiger partial charge in [0.25, 0.3) is 0 Å². The van der Waals surface area contributed by atoms with Crippen LogP contribution in [-0.4, -0.2) is 5.97 Å². The first kappa shape index (κ1) is 21.1. The van der Waals surface area contributed by atoms with Gasteiger partial charge in [-0.3, -0.25) is 0 Å². The summed E-state index contributed by atoms with van der Waals surface area (Å²) in [5.41, 5.74) is 1.76. The van der Waals surface area contributed by atoms with Crippen molar-refractivity contribution in [2.45, 2.75) is 65.2 Å². The molecule has 0 aliphatic rings. The number of carbonyl (C=O) groups is 1. The SMILES string of the molecule is CCCCCCCc1ccc(OC(=O)c2ccc(CCC)cc2)c(F)c1F. The molecular weight excluding hydrogens is 346 g/mol. The summed E-state index contributed by atoms with van der Waals surface area (Å²) in [6.45, 7) is 4.21. The van der Waals surface area contributed by atoms with E-state index in [1.54, 1.807) is 12.1 Å². The summed E-state index contributed by atoms with van der Waals surface area (Å²) >= 11 is 0. The lowest BCUT2D eigenvalue weighted by molar-refractivity contribution is 0.0726. The number of hydrogen-bond acceptors (Lipinski definition) is 2. The average Bonchev–Trinajstić information content (AvgIpc) is 2.67. The third kappa shape index (κ3) is 6.16. The second-order valence-corrected chi connectivity index (χ2v) is 6.85. The Hall–Kier alpha value is -2.23. The quantitative estimate of drug-likeness (QED) is 0.264. The highest BCUT2D eigenvalue weighted by Gasteiger charge is 2.17. The Morgan fingerprint density at radius 2 is 1.52 bits per heavy atom. The number of hydrogen-bond donors (Lipinski definition) is 0. The standard InChI is InChI=1S/C23H28F2O2/c1-3-5-6-7-8-10-18-15-16-20(22(25)21(18)24)27-23(26)19-13-11-17(9-4-2)12-14-19/h11-16H,3-10H2,1-2H3. The second-order valence-electron chi connectivity index (χ2n) is 6.85. The van der Waals surface area contributed by atoms with Gasteiger partial charge in [0, 0.05) is 0 Å². The highest BCUT2D eigenvalue weighted by molar-refractivity contribution is 5.91. The molecule has 0 unspecified atom stereocenters. The van der Waals surface area contributed by atoms with Gasteiger partial charge in [-0.2, -0.15) is 4.39 Å². The zero-order chi connectivity index (χ0) is 19.6. The van der Waals surface area contributed by atoms with Gasteiger partial charge in [-0.1, -0.05) is 64.2 Å². The summed E-state index contributed by atoms with van der Waals surface area (Å²) in [4.78, 5) is 12.2. The molecule has 0 aliphatic heterocycles. The molecule has 0 saturated heterocycles. The predicted molar refractivity (Wildman–Crippen MR) is 104 cm³/mol. The monoisotopic (exact) mass is 374 g/mol. The van der Waals surface area contributed by atoms with Crippen molar-refractivity contribution in [2.24, 2.45) is 0 Å². The van der Waals surface area contributed by atoms with Gasteiger partial charge in [0.15, 0.2) is 11.6 Å². The molecule has 0 amide bonds. The maximum Gasteiger partial charge on any atom is 0.343 e. The number of halogens is 2. The molecule has 0 atom stereocenters. The molecule has 0 radical (unpaired) electrons. The van der Waals surface area contributed by atoms with E-state index in [0.29, 0.717) is 17.5 Å². The van der Waals surface area contributed by atoms with Crippen LogP contribution in [0.2, 0.25) is 0 Å². The third-order valence-corrected chi connectivity index (χ3v) is 4.61. The molecule has 4 heteroatoms. The predicted octanol–water partition coefficient (Wildman–Crippen LogP) is 6.65. The number of esters is 1. The van der Waals surface area contributed by atoms with E-state index >= 15 is 0 Å². The average molecular weight is 374 g/mol. The lowest BCUT2D eigenvalue weighted by Gasteiger charge is -2.09. The molecule has 0 N–H and O–H groups in total. The molecule has 2 aromatic carbocycles.